The van der Waals surface area contributed by atoms with E-state index in [9.17, 15) is 4.79 Å². The average molecular weight is 343 g/mol. The van der Waals surface area contributed by atoms with Crippen molar-refractivity contribution in [1.29, 1.82) is 0 Å². The van der Waals surface area contributed by atoms with Crippen LogP contribution in [0.3, 0.4) is 0 Å². The fourth-order valence-electron chi connectivity index (χ4n) is 2.51. The van der Waals surface area contributed by atoms with Crippen LogP contribution in [0.2, 0.25) is 0 Å². The molecule has 134 valence electrons. The lowest BCUT2D eigenvalue weighted by Gasteiger charge is -2.18. The number of likely N-dealkylation sites (N-methyl/N-ethyl adjacent to an activating group) is 1. The van der Waals surface area contributed by atoms with Gasteiger partial charge in [0.2, 0.25) is 5.91 Å². The third kappa shape index (κ3) is 5.14. The predicted molar refractivity (Wildman–Crippen MR) is 97.6 cm³/mol. The van der Waals surface area contributed by atoms with Crippen LogP contribution in [0.5, 0.6) is 17.2 Å². The van der Waals surface area contributed by atoms with E-state index in [1.807, 2.05) is 49.5 Å². The summed E-state index contributed by atoms with van der Waals surface area (Å²) < 4.78 is 15.7. The number of methoxy groups -OCH3 is 3. The number of ether oxygens (including phenoxy) is 3. The van der Waals surface area contributed by atoms with E-state index in [-0.39, 0.29) is 5.91 Å². The van der Waals surface area contributed by atoms with E-state index in [2.05, 4.69) is 0 Å². The molecular weight excluding hydrogens is 318 g/mol. The highest BCUT2D eigenvalue weighted by atomic mass is 16.5. The SMILES string of the molecule is COc1ccc(CCN(C)C(=O)Cc2ccc(OC)c(OC)c2)cc1. The number of rotatable bonds is 8. The number of nitrogens with zero attached hydrogens (tertiary/aromatic N) is 1. The molecule has 1 amide bonds. The van der Waals surface area contributed by atoms with Gasteiger partial charge >= 0.3 is 0 Å². The number of carbonyl (C=O) groups is 1. The van der Waals surface area contributed by atoms with Crippen molar-refractivity contribution < 1.29 is 19.0 Å². The zero-order valence-electron chi connectivity index (χ0n) is 15.2. The highest BCUT2D eigenvalue weighted by Crippen LogP contribution is 2.27. The predicted octanol–water partition coefficient (Wildman–Crippen LogP) is 2.96. The molecule has 0 aliphatic carbocycles. The van der Waals surface area contributed by atoms with Gasteiger partial charge in [-0.05, 0) is 41.8 Å². The topological polar surface area (TPSA) is 48.0 Å². The van der Waals surface area contributed by atoms with Crippen molar-refractivity contribution in [3.63, 3.8) is 0 Å². The lowest BCUT2D eigenvalue weighted by molar-refractivity contribution is -0.129. The van der Waals surface area contributed by atoms with Crippen LogP contribution in [-0.2, 0) is 17.6 Å². The summed E-state index contributed by atoms with van der Waals surface area (Å²) in [7, 11) is 6.66. The highest BCUT2D eigenvalue weighted by molar-refractivity contribution is 5.78. The fraction of sp³-hybridized carbons (Fsp3) is 0.350. The van der Waals surface area contributed by atoms with Crippen molar-refractivity contribution in [1.82, 2.24) is 4.90 Å². The van der Waals surface area contributed by atoms with Crippen molar-refractivity contribution in [3.8, 4) is 17.2 Å². The number of hydrogen-bond donors (Lipinski definition) is 0. The lowest BCUT2D eigenvalue weighted by atomic mass is 10.1. The van der Waals surface area contributed by atoms with Gasteiger partial charge in [0.15, 0.2) is 11.5 Å². The monoisotopic (exact) mass is 343 g/mol. The zero-order valence-corrected chi connectivity index (χ0v) is 15.2. The van der Waals surface area contributed by atoms with Crippen molar-refractivity contribution in [2.24, 2.45) is 0 Å². The van der Waals surface area contributed by atoms with Gasteiger partial charge in [-0.15, -0.1) is 0 Å². The summed E-state index contributed by atoms with van der Waals surface area (Å²) in [5, 5.41) is 0. The summed E-state index contributed by atoms with van der Waals surface area (Å²) in [5.74, 6) is 2.20. The first-order valence-electron chi connectivity index (χ1n) is 8.15. The largest absolute Gasteiger partial charge is 0.497 e. The van der Waals surface area contributed by atoms with Gasteiger partial charge in [-0.3, -0.25) is 4.79 Å². The van der Waals surface area contributed by atoms with Gasteiger partial charge in [0.1, 0.15) is 5.75 Å². The van der Waals surface area contributed by atoms with Crippen LogP contribution in [0.1, 0.15) is 11.1 Å². The van der Waals surface area contributed by atoms with Crippen molar-refractivity contribution in [2.45, 2.75) is 12.8 Å². The van der Waals surface area contributed by atoms with Crippen molar-refractivity contribution in [3.05, 3.63) is 53.6 Å². The Balaban J connectivity index is 1.91. The smallest absolute Gasteiger partial charge is 0.226 e. The Morgan fingerprint density at radius 3 is 2.12 bits per heavy atom. The van der Waals surface area contributed by atoms with Crippen LogP contribution < -0.4 is 14.2 Å². The van der Waals surface area contributed by atoms with Gasteiger partial charge < -0.3 is 19.1 Å². The van der Waals surface area contributed by atoms with E-state index in [4.69, 9.17) is 14.2 Å². The Morgan fingerprint density at radius 2 is 1.52 bits per heavy atom. The minimum Gasteiger partial charge on any atom is -0.497 e. The average Bonchev–Trinajstić information content (AvgIpc) is 2.66. The zero-order chi connectivity index (χ0) is 18.2. The van der Waals surface area contributed by atoms with Crippen molar-refractivity contribution in [2.75, 3.05) is 34.9 Å². The first-order valence-corrected chi connectivity index (χ1v) is 8.15. The minimum atomic E-state index is 0.0701. The standard InChI is InChI=1S/C20H25NO4/c1-21(12-11-15-5-8-17(23-2)9-6-15)20(22)14-16-7-10-18(24-3)19(13-16)25-4/h5-10,13H,11-12,14H2,1-4H3. The summed E-state index contributed by atoms with van der Waals surface area (Å²) in [4.78, 5) is 14.2. The maximum absolute atomic E-state index is 12.4. The number of amides is 1. The molecular formula is C20H25NO4. The molecule has 0 heterocycles. The van der Waals surface area contributed by atoms with Crippen LogP contribution in [0.25, 0.3) is 0 Å². The van der Waals surface area contributed by atoms with Gasteiger partial charge in [-0.1, -0.05) is 18.2 Å². The Bertz CT molecular complexity index is 697. The molecule has 0 saturated carbocycles. The molecule has 0 saturated heterocycles. The second-order valence-corrected chi connectivity index (χ2v) is 5.78. The molecule has 0 N–H and O–H groups in total. The van der Waals surface area contributed by atoms with Crippen LogP contribution in [-0.4, -0.2) is 45.7 Å². The first-order chi connectivity index (χ1) is 12.1. The quantitative estimate of drug-likeness (QED) is 0.739. The van der Waals surface area contributed by atoms with Crippen LogP contribution >= 0.6 is 0 Å². The summed E-state index contributed by atoms with van der Waals surface area (Å²) in [6.45, 7) is 0.665. The van der Waals surface area contributed by atoms with E-state index in [1.54, 1.807) is 26.2 Å². The Labute approximate surface area is 149 Å². The highest BCUT2D eigenvalue weighted by Gasteiger charge is 2.12. The second kappa shape index (κ2) is 8.97. The first kappa shape index (κ1) is 18.6. The van der Waals surface area contributed by atoms with E-state index in [0.29, 0.717) is 24.5 Å². The van der Waals surface area contributed by atoms with Crippen LogP contribution in [0, 0.1) is 0 Å². The van der Waals surface area contributed by atoms with Crippen LogP contribution in [0.4, 0.5) is 0 Å². The molecule has 0 unspecified atom stereocenters. The normalized spacial score (nSPS) is 10.2. The van der Waals surface area contributed by atoms with Gasteiger partial charge in [-0.25, -0.2) is 0 Å². The lowest BCUT2D eigenvalue weighted by Crippen LogP contribution is -2.30. The second-order valence-electron chi connectivity index (χ2n) is 5.78. The summed E-state index contributed by atoms with van der Waals surface area (Å²) in [6.07, 6.45) is 1.14. The molecule has 2 rings (SSSR count). The van der Waals surface area contributed by atoms with Gasteiger partial charge in [0.05, 0.1) is 27.8 Å². The van der Waals surface area contributed by atoms with E-state index >= 15 is 0 Å². The van der Waals surface area contributed by atoms with E-state index < -0.39 is 0 Å². The van der Waals surface area contributed by atoms with Crippen molar-refractivity contribution >= 4 is 5.91 Å². The minimum absolute atomic E-state index is 0.0701. The molecule has 0 radical (unpaired) electrons. The Kier molecular flexibility index (Phi) is 6.69. The van der Waals surface area contributed by atoms with Gasteiger partial charge in [0.25, 0.3) is 0 Å². The third-order valence-electron chi connectivity index (χ3n) is 4.12. The Morgan fingerprint density at radius 1 is 0.880 bits per heavy atom. The number of hydrogen-bond acceptors (Lipinski definition) is 4. The molecule has 2 aromatic carbocycles. The molecule has 5 heteroatoms. The summed E-state index contributed by atoms with van der Waals surface area (Å²) in [5.41, 5.74) is 2.07. The van der Waals surface area contributed by atoms with Gasteiger partial charge in [-0.2, -0.15) is 0 Å². The maximum atomic E-state index is 12.4. The van der Waals surface area contributed by atoms with E-state index in [1.165, 1.54) is 5.56 Å². The Hall–Kier alpha value is -2.69. The molecule has 0 atom stereocenters. The molecule has 0 bridgehead atoms. The third-order valence-corrected chi connectivity index (χ3v) is 4.12. The molecule has 0 aromatic heterocycles. The summed E-state index contributed by atoms with van der Waals surface area (Å²) >= 11 is 0. The number of benzene rings is 2. The molecule has 0 fully saturated rings. The maximum Gasteiger partial charge on any atom is 0.226 e. The molecule has 0 spiro atoms. The van der Waals surface area contributed by atoms with Gasteiger partial charge in [0, 0.05) is 13.6 Å². The molecule has 0 aliphatic heterocycles. The summed E-state index contributed by atoms with van der Waals surface area (Å²) in [6, 6.07) is 13.4. The van der Waals surface area contributed by atoms with E-state index in [0.717, 1.165) is 17.7 Å². The molecule has 5 nitrogen and oxygen atoms in total. The van der Waals surface area contributed by atoms with Crippen LogP contribution in [0.15, 0.2) is 42.5 Å². The molecule has 0 aliphatic rings. The fourth-order valence-corrected chi connectivity index (χ4v) is 2.51. The molecule has 25 heavy (non-hydrogen) atoms. The molecule has 2 aromatic rings. The number of carbonyl (C=O) groups excluding carboxylic acids is 1.